The van der Waals surface area contributed by atoms with Crippen molar-refractivity contribution in [3.8, 4) is 0 Å². The number of rotatable bonds is 8. The van der Waals surface area contributed by atoms with Crippen LogP contribution in [0.1, 0.15) is 50.8 Å². The molecule has 2 aliphatic rings. The first-order chi connectivity index (χ1) is 18.8. The topological polar surface area (TPSA) is 138 Å². The fourth-order valence-corrected chi connectivity index (χ4v) is 5.20. The SMILES string of the molecule is CCNC(=O)[C@]1(c2ccccn2)CCCN1C(=O)[C@H](C)NC(=O)[C@@H]1CCC(=O)N1C(=O)OCc1ccccc1. The summed E-state index contributed by atoms with van der Waals surface area (Å²) in [4.78, 5) is 72.1. The lowest BCUT2D eigenvalue weighted by atomic mass is 9.89. The summed E-state index contributed by atoms with van der Waals surface area (Å²) < 4.78 is 5.28. The smallest absolute Gasteiger partial charge is 0.417 e. The summed E-state index contributed by atoms with van der Waals surface area (Å²) in [5, 5.41) is 5.48. The third-order valence-corrected chi connectivity index (χ3v) is 7.09. The van der Waals surface area contributed by atoms with Crippen molar-refractivity contribution in [1.29, 1.82) is 0 Å². The molecule has 0 unspecified atom stereocenters. The van der Waals surface area contributed by atoms with Gasteiger partial charge in [-0.15, -0.1) is 0 Å². The maximum atomic E-state index is 13.7. The Hall–Kier alpha value is -4.28. The van der Waals surface area contributed by atoms with Gasteiger partial charge in [-0.3, -0.25) is 24.2 Å². The van der Waals surface area contributed by atoms with Crippen LogP contribution in [0.3, 0.4) is 0 Å². The van der Waals surface area contributed by atoms with Gasteiger partial charge in [-0.25, -0.2) is 9.69 Å². The minimum Gasteiger partial charge on any atom is -0.444 e. The Balaban J connectivity index is 1.47. The Bertz CT molecular complexity index is 1220. The number of nitrogens with zero attached hydrogens (tertiary/aromatic N) is 3. The van der Waals surface area contributed by atoms with Crippen molar-refractivity contribution in [2.45, 2.75) is 63.8 Å². The molecule has 206 valence electrons. The minimum atomic E-state index is -1.30. The van der Waals surface area contributed by atoms with Crippen LogP contribution in [-0.4, -0.2) is 69.7 Å². The maximum Gasteiger partial charge on any atom is 0.417 e. The lowest BCUT2D eigenvalue weighted by Crippen LogP contribution is -2.60. The van der Waals surface area contributed by atoms with Crippen molar-refractivity contribution in [2.24, 2.45) is 0 Å². The molecule has 1 aromatic carbocycles. The second kappa shape index (κ2) is 12.1. The zero-order valence-corrected chi connectivity index (χ0v) is 22.1. The van der Waals surface area contributed by atoms with E-state index in [1.165, 1.54) is 11.8 Å². The van der Waals surface area contributed by atoms with E-state index in [0.29, 0.717) is 31.6 Å². The minimum absolute atomic E-state index is 0.00690. The van der Waals surface area contributed by atoms with E-state index >= 15 is 0 Å². The van der Waals surface area contributed by atoms with Crippen LogP contribution in [0.2, 0.25) is 0 Å². The van der Waals surface area contributed by atoms with Gasteiger partial charge in [-0.2, -0.15) is 0 Å². The molecule has 0 spiro atoms. The molecule has 2 aromatic rings. The molecule has 3 atom stereocenters. The van der Waals surface area contributed by atoms with Gasteiger partial charge in [0.25, 0.3) is 5.91 Å². The van der Waals surface area contributed by atoms with E-state index in [0.717, 1.165) is 10.5 Å². The number of nitrogens with one attached hydrogen (secondary N) is 2. The van der Waals surface area contributed by atoms with Gasteiger partial charge < -0.3 is 20.3 Å². The van der Waals surface area contributed by atoms with Crippen LogP contribution >= 0.6 is 0 Å². The molecular formula is C28H33N5O6. The molecule has 3 heterocycles. The summed E-state index contributed by atoms with van der Waals surface area (Å²) in [6, 6.07) is 12.1. The van der Waals surface area contributed by atoms with E-state index in [2.05, 4.69) is 15.6 Å². The standard InChI is InChI=1S/C28H33N5O6/c1-3-29-26(37)28(22-12-7-8-16-30-22)15-9-17-32(28)25(36)19(2)31-24(35)21-13-14-23(34)33(21)27(38)39-18-20-10-5-4-6-11-20/h4-8,10-12,16,19,21H,3,9,13-15,17-18H2,1-2H3,(H,29,37)(H,31,35)/t19-,21-,28+/m0/s1. The molecule has 2 fully saturated rings. The lowest BCUT2D eigenvalue weighted by molar-refractivity contribution is -0.148. The Morgan fingerprint density at radius 3 is 2.56 bits per heavy atom. The predicted molar refractivity (Wildman–Crippen MR) is 140 cm³/mol. The second-order valence-corrected chi connectivity index (χ2v) is 9.62. The van der Waals surface area contributed by atoms with E-state index in [-0.39, 0.29) is 25.4 Å². The summed E-state index contributed by atoms with van der Waals surface area (Å²) in [6.45, 7) is 3.97. The number of likely N-dealkylation sites (tertiary alicyclic amines) is 2. The first-order valence-electron chi connectivity index (χ1n) is 13.1. The molecule has 0 bridgehead atoms. The Morgan fingerprint density at radius 2 is 1.87 bits per heavy atom. The Labute approximate surface area is 226 Å². The van der Waals surface area contributed by atoms with Crippen molar-refractivity contribution in [3.05, 3.63) is 66.0 Å². The molecule has 4 rings (SSSR count). The molecule has 11 heteroatoms. The normalized spacial score (nSPS) is 21.4. The summed E-state index contributed by atoms with van der Waals surface area (Å²) in [5.74, 6) is -1.95. The van der Waals surface area contributed by atoms with E-state index in [9.17, 15) is 24.0 Å². The molecule has 0 radical (unpaired) electrons. The first-order valence-corrected chi connectivity index (χ1v) is 13.1. The van der Waals surface area contributed by atoms with Gasteiger partial charge in [0.15, 0.2) is 5.54 Å². The second-order valence-electron chi connectivity index (χ2n) is 9.62. The zero-order valence-electron chi connectivity index (χ0n) is 22.1. The highest BCUT2D eigenvalue weighted by atomic mass is 16.6. The zero-order chi connectivity index (χ0) is 28.0. The Morgan fingerprint density at radius 1 is 1.13 bits per heavy atom. The van der Waals surface area contributed by atoms with Crippen LogP contribution < -0.4 is 10.6 Å². The number of carbonyl (C=O) groups excluding carboxylic acids is 5. The third-order valence-electron chi connectivity index (χ3n) is 7.09. The number of imide groups is 1. The predicted octanol–water partition coefficient (Wildman–Crippen LogP) is 1.87. The average molecular weight is 536 g/mol. The van der Waals surface area contributed by atoms with Crippen LogP contribution in [0, 0.1) is 0 Å². The van der Waals surface area contributed by atoms with Crippen molar-refractivity contribution >= 4 is 29.7 Å². The summed E-state index contributed by atoms with van der Waals surface area (Å²) in [6.07, 6.45) is 1.76. The number of benzene rings is 1. The number of carbonyl (C=O) groups is 5. The van der Waals surface area contributed by atoms with Crippen molar-refractivity contribution in [1.82, 2.24) is 25.4 Å². The molecule has 2 saturated heterocycles. The fraction of sp³-hybridized carbons (Fsp3) is 0.429. The van der Waals surface area contributed by atoms with Gasteiger partial charge in [-0.1, -0.05) is 36.4 Å². The van der Waals surface area contributed by atoms with Crippen molar-refractivity contribution in [2.75, 3.05) is 13.1 Å². The number of likely N-dealkylation sites (N-methyl/N-ethyl adjacent to an activating group) is 1. The van der Waals surface area contributed by atoms with E-state index in [4.69, 9.17) is 4.74 Å². The van der Waals surface area contributed by atoms with Crippen LogP contribution in [0.15, 0.2) is 54.7 Å². The van der Waals surface area contributed by atoms with Gasteiger partial charge in [0.1, 0.15) is 18.7 Å². The number of hydrogen-bond acceptors (Lipinski definition) is 7. The molecule has 39 heavy (non-hydrogen) atoms. The molecule has 1 aromatic heterocycles. The highest BCUT2D eigenvalue weighted by Crippen LogP contribution is 2.39. The van der Waals surface area contributed by atoms with Crippen molar-refractivity contribution < 1.29 is 28.7 Å². The van der Waals surface area contributed by atoms with Gasteiger partial charge in [0, 0.05) is 25.7 Å². The molecule has 2 N–H and O–H groups in total. The van der Waals surface area contributed by atoms with Gasteiger partial charge in [-0.05, 0) is 50.8 Å². The summed E-state index contributed by atoms with van der Waals surface area (Å²) in [5.41, 5.74) is -0.106. The molecule has 0 saturated carbocycles. The molecule has 0 aliphatic carbocycles. The van der Waals surface area contributed by atoms with Gasteiger partial charge in [0.05, 0.1) is 5.69 Å². The number of ether oxygens (including phenoxy) is 1. The summed E-state index contributed by atoms with van der Waals surface area (Å²) >= 11 is 0. The molecule has 5 amide bonds. The average Bonchev–Trinajstić information content (AvgIpc) is 3.57. The molecule has 2 aliphatic heterocycles. The maximum absolute atomic E-state index is 13.7. The van der Waals surface area contributed by atoms with Crippen LogP contribution in [0.4, 0.5) is 4.79 Å². The number of pyridine rings is 1. The Kier molecular flexibility index (Phi) is 8.58. The van der Waals surface area contributed by atoms with Gasteiger partial charge >= 0.3 is 6.09 Å². The summed E-state index contributed by atoms with van der Waals surface area (Å²) in [7, 11) is 0. The van der Waals surface area contributed by atoms with E-state index < -0.39 is 41.4 Å². The highest BCUT2D eigenvalue weighted by Gasteiger charge is 2.53. The number of amides is 5. The largest absolute Gasteiger partial charge is 0.444 e. The highest BCUT2D eigenvalue weighted by molar-refractivity contribution is 6.02. The number of aromatic nitrogens is 1. The van der Waals surface area contributed by atoms with E-state index in [1.807, 2.05) is 6.07 Å². The lowest BCUT2D eigenvalue weighted by Gasteiger charge is -2.38. The molecular weight excluding hydrogens is 502 g/mol. The fourth-order valence-electron chi connectivity index (χ4n) is 5.20. The quantitative estimate of drug-likeness (QED) is 0.526. The number of hydrogen-bond donors (Lipinski definition) is 2. The van der Waals surface area contributed by atoms with Crippen LogP contribution in [0.5, 0.6) is 0 Å². The van der Waals surface area contributed by atoms with Crippen molar-refractivity contribution in [3.63, 3.8) is 0 Å². The van der Waals surface area contributed by atoms with Crippen LogP contribution in [0.25, 0.3) is 0 Å². The van der Waals surface area contributed by atoms with Gasteiger partial charge in [0.2, 0.25) is 17.7 Å². The monoisotopic (exact) mass is 535 g/mol. The third kappa shape index (κ3) is 5.62. The van der Waals surface area contributed by atoms with Crippen LogP contribution in [-0.2, 0) is 36.1 Å². The first kappa shape index (κ1) is 27.7. The molecule has 11 nitrogen and oxygen atoms in total. The van der Waals surface area contributed by atoms with E-state index in [1.54, 1.807) is 55.6 Å².